The van der Waals surface area contributed by atoms with E-state index in [1.54, 1.807) is 50.6 Å². The van der Waals surface area contributed by atoms with Gasteiger partial charge in [0, 0.05) is 48.8 Å². The molecule has 0 bridgehead atoms. The van der Waals surface area contributed by atoms with E-state index in [0.29, 0.717) is 29.8 Å². The van der Waals surface area contributed by atoms with Crippen LogP contribution in [0.25, 0.3) is 10.8 Å². The summed E-state index contributed by atoms with van der Waals surface area (Å²) in [5.41, 5.74) is -0.392. The molecule has 2 aromatic heterocycles. The van der Waals surface area contributed by atoms with Gasteiger partial charge < -0.3 is 20.4 Å². The zero-order valence-corrected chi connectivity index (χ0v) is 24.5. The molecule has 5 rings (SSSR count). The summed E-state index contributed by atoms with van der Waals surface area (Å²) < 4.78 is 56.4. The van der Waals surface area contributed by atoms with Crippen LogP contribution in [0.2, 0.25) is 0 Å². The lowest BCUT2D eigenvalue weighted by atomic mass is 9.93. The Labute approximate surface area is 251 Å². The molecule has 1 atom stereocenters. The molecule has 3 heterocycles. The zero-order valence-electron chi connectivity index (χ0n) is 24.5. The van der Waals surface area contributed by atoms with E-state index in [9.17, 15) is 27.2 Å². The Bertz CT molecular complexity index is 1760. The van der Waals surface area contributed by atoms with Crippen molar-refractivity contribution in [1.29, 1.82) is 0 Å². The lowest BCUT2D eigenvalue weighted by Gasteiger charge is -2.30. The Hall–Kier alpha value is -4.78. The predicted molar refractivity (Wildman–Crippen MR) is 159 cm³/mol. The van der Waals surface area contributed by atoms with Crippen LogP contribution in [0.15, 0.2) is 72.2 Å². The number of fused-ring (bicyclic) bond motifs is 2. The minimum Gasteiger partial charge on any atom is -0.344 e. The number of rotatable bonds is 8. The van der Waals surface area contributed by atoms with E-state index in [0.717, 1.165) is 35.9 Å². The summed E-state index contributed by atoms with van der Waals surface area (Å²) in [6.45, 7) is 2.86. The molecule has 0 fully saturated rings. The Balaban J connectivity index is 1.53. The summed E-state index contributed by atoms with van der Waals surface area (Å²) in [5.74, 6) is -2.12. The van der Waals surface area contributed by atoms with E-state index in [2.05, 4.69) is 20.7 Å². The summed E-state index contributed by atoms with van der Waals surface area (Å²) in [5, 5.41) is 12.1. The van der Waals surface area contributed by atoms with Gasteiger partial charge in [0.05, 0.1) is 11.1 Å². The number of benzene rings is 2. The molecule has 2 aromatic carbocycles. The van der Waals surface area contributed by atoms with Gasteiger partial charge in [-0.1, -0.05) is 12.1 Å². The number of pyridine rings is 1. The van der Waals surface area contributed by atoms with Crippen molar-refractivity contribution < 1.29 is 27.2 Å². The van der Waals surface area contributed by atoms with Crippen LogP contribution in [0, 0.1) is 5.82 Å². The maximum Gasteiger partial charge on any atom is 0.419 e. The van der Waals surface area contributed by atoms with Crippen molar-refractivity contribution in [1.82, 2.24) is 24.6 Å². The van der Waals surface area contributed by atoms with Crippen molar-refractivity contribution in [3.05, 3.63) is 94.8 Å². The topological polar surface area (TPSA) is 95.4 Å². The smallest absolute Gasteiger partial charge is 0.344 e. The fourth-order valence-electron chi connectivity index (χ4n) is 5.19. The van der Waals surface area contributed by atoms with Crippen LogP contribution in [-0.2, 0) is 11.0 Å². The first-order valence-electron chi connectivity index (χ1n) is 13.8. The molecular weight excluding hydrogens is 578 g/mol. The number of carbonyl (C=O) groups is 2. The minimum atomic E-state index is -4.90. The molecule has 9 nitrogen and oxygen atoms in total. The molecule has 0 spiro atoms. The second kappa shape index (κ2) is 12.1. The fourth-order valence-corrected chi connectivity index (χ4v) is 5.19. The second-order valence-electron chi connectivity index (χ2n) is 10.9. The number of anilines is 2. The Morgan fingerprint density at radius 3 is 2.50 bits per heavy atom. The van der Waals surface area contributed by atoms with Crippen LogP contribution in [0.5, 0.6) is 0 Å². The highest BCUT2D eigenvalue weighted by Gasteiger charge is 2.38. The molecule has 0 aliphatic carbocycles. The molecular formula is C31H31F4N7O2. The van der Waals surface area contributed by atoms with Crippen LogP contribution in [-0.4, -0.2) is 70.6 Å². The molecule has 1 aliphatic heterocycles. The van der Waals surface area contributed by atoms with Crippen LogP contribution in [0.1, 0.15) is 41.0 Å². The van der Waals surface area contributed by atoms with E-state index < -0.39 is 29.5 Å². The molecule has 44 heavy (non-hydrogen) atoms. The summed E-state index contributed by atoms with van der Waals surface area (Å²) in [7, 11) is 5.51. The fraction of sp³-hybridized carbons (Fsp3) is 0.290. The maximum atomic E-state index is 14.9. The molecule has 1 aliphatic rings. The molecule has 2 amide bonds. The van der Waals surface area contributed by atoms with Gasteiger partial charge in [-0.2, -0.15) is 18.3 Å². The number of nitrogens with one attached hydrogen (secondary N) is 2. The van der Waals surface area contributed by atoms with Crippen molar-refractivity contribution in [2.45, 2.75) is 25.6 Å². The highest BCUT2D eigenvalue weighted by molar-refractivity contribution is 6.07. The van der Waals surface area contributed by atoms with Gasteiger partial charge >= 0.3 is 6.18 Å². The lowest BCUT2D eigenvalue weighted by molar-refractivity contribution is -0.140. The Morgan fingerprint density at radius 2 is 1.80 bits per heavy atom. The molecule has 2 N–H and O–H groups in total. The van der Waals surface area contributed by atoms with E-state index in [4.69, 9.17) is 0 Å². The van der Waals surface area contributed by atoms with Gasteiger partial charge in [0.25, 0.3) is 11.8 Å². The molecule has 0 radical (unpaired) electrons. The summed E-state index contributed by atoms with van der Waals surface area (Å²) in [4.78, 5) is 34.7. The average Bonchev–Trinajstić information content (AvgIpc) is 3.38. The molecule has 1 unspecified atom stereocenters. The number of allylic oxidation sites excluding steroid dienone is 1. The standard InChI is InChI=1S/C31H31F4N7O2/c1-18-27(29(43)38-22-8-6-21-17-36-11-10-19(21)14-22)28(20-7-9-23(24(32)15-20)31(33,34)35)42-26(37-18)16-25(39-42)30(44)41(4)13-5-12-40(2)3/h6-11,14-17,28,37H,5,12-13H2,1-4H3,(H,38,43). The normalized spacial score (nSPS) is 14.9. The quantitative estimate of drug-likeness (QED) is 0.255. The lowest BCUT2D eigenvalue weighted by Crippen LogP contribution is -2.32. The largest absolute Gasteiger partial charge is 0.419 e. The van der Waals surface area contributed by atoms with Gasteiger partial charge in [-0.25, -0.2) is 9.07 Å². The SMILES string of the molecule is CC1=C(C(=O)Nc2ccc3cnccc3c2)C(c2ccc(C(F)(F)F)c(F)c2)n2nc(C(=O)N(C)CCCN(C)C)cc2N1. The monoisotopic (exact) mass is 609 g/mol. The highest BCUT2D eigenvalue weighted by atomic mass is 19.4. The third-order valence-corrected chi connectivity index (χ3v) is 7.40. The van der Waals surface area contributed by atoms with Crippen molar-refractivity contribution in [3.63, 3.8) is 0 Å². The predicted octanol–water partition coefficient (Wildman–Crippen LogP) is 5.54. The van der Waals surface area contributed by atoms with Crippen LogP contribution >= 0.6 is 0 Å². The second-order valence-corrected chi connectivity index (χ2v) is 10.9. The van der Waals surface area contributed by atoms with Crippen molar-refractivity contribution in [2.24, 2.45) is 0 Å². The number of aromatic nitrogens is 3. The first kappa shape index (κ1) is 30.7. The molecule has 4 aromatic rings. The number of amides is 2. The van der Waals surface area contributed by atoms with E-state index in [1.165, 1.54) is 15.6 Å². The van der Waals surface area contributed by atoms with Crippen LogP contribution < -0.4 is 10.6 Å². The number of nitrogens with zero attached hydrogens (tertiary/aromatic N) is 5. The van der Waals surface area contributed by atoms with Gasteiger partial charge in [-0.05, 0) is 75.3 Å². The first-order valence-corrected chi connectivity index (χ1v) is 13.8. The van der Waals surface area contributed by atoms with Gasteiger partial charge in [0.15, 0.2) is 5.69 Å². The van der Waals surface area contributed by atoms with Crippen molar-refractivity contribution in [3.8, 4) is 0 Å². The number of hydrogen-bond donors (Lipinski definition) is 2. The van der Waals surface area contributed by atoms with Crippen LogP contribution in [0.4, 0.5) is 29.1 Å². The first-order chi connectivity index (χ1) is 20.8. The number of carbonyl (C=O) groups excluding carboxylic acids is 2. The van der Waals surface area contributed by atoms with Gasteiger partial charge in [-0.3, -0.25) is 14.6 Å². The van der Waals surface area contributed by atoms with Crippen molar-refractivity contribution >= 4 is 34.1 Å². The summed E-state index contributed by atoms with van der Waals surface area (Å²) in [6.07, 6.45) is -0.864. The average molecular weight is 610 g/mol. The van der Waals surface area contributed by atoms with E-state index in [1.807, 2.05) is 19.0 Å². The summed E-state index contributed by atoms with van der Waals surface area (Å²) in [6, 6.07) is 9.91. The highest BCUT2D eigenvalue weighted by Crippen LogP contribution is 2.39. The van der Waals surface area contributed by atoms with E-state index >= 15 is 0 Å². The zero-order chi connectivity index (χ0) is 31.8. The van der Waals surface area contributed by atoms with Gasteiger partial charge in [-0.15, -0.1) is 0 Å². The summed E-state index contributed by atoms with van der Waals surface area (Å²) >= 11 is 0. The Morgan fingerprint density at radius 1 is 1.02 bits per heavy atom. The third-order valence-electron chi connectivity index (χ3n) is 7.40. The molecule has 0 saturated heterocycles. The van der Waals surface area contributed by atoms with E-state index in [-0.39, 0.29) is 22.7 Å². The van der Waals surface area contributed by atoms with Gasteiger partial charge in [0.1, 0.15) is 17.7 Å². The van der Waals surface area contributed by atoms with Gasteiger partial charge in [0.2, 0.25) is 0 Å². The molecule has 230 valence electrons. The van der Waals surface area contributed by atoms with Crippen LogP contribution in [0.3, 0.4) is 0 Å². The number of alkyl halides is 3. The minimum absolute atomic E-state index is 0.0498. The van der Waals surface area contributed by atoms with Crippen molar-refractivity contribution in [2.75, 3.05) is 44.9 Å². The number of halogens is 4. The molecule has 0 saturated carbocycles. The maximum absolute atomic E-state index is 14.9. The third kappa shape index (κ3) is 6.27. The number of hydrogen-bond acceptors (Lipinski definition) is 6. The Kier molecular flexibility index (Phi) is 8.42. The molecule has 13 heteroatoms.